The maximum Gasteiger partial charge on any atom is 0.412 e. The molecule has 0 fully saturated rings. The third-order valence-electron chi connectivity index (χ3n) is 4.53. The number of carboxylic acid groups (broad SMARTS) is 1. The summed E-state index contributed by atoms with van der Waals surface area (Å²) < 4.78 is 6.72. The van der Waals surface area contributed by atoms with Crippen LogP contribution in [0.2, 0.25) is 0 Å². The van der Waals surface area contributed by atoms with Crippen molar-refractivity contribution in [1.29, 1.82) is 0 Å². The summed E-state index contributed by atoms with van der Waals surface area (Å²) >= 11 is 0. The molecular weight excluding hydrogens is 416 g/mol. The maximum atomic E-state index is 12.3. The highest BCUT2D eigenvalue weighted by molar-refractivity contribution is 5.96. The Labute approximate surface area is 185 Å². The maximum absolute atomic E-state index is 12.3. The molecule has 0 aliphatic rings. The number of hydrogen-bond donors (Lipinski definition) is 4. The van der Waals surface area contributed by atoms with Crippen molar-refractivity contribution < 1.29 is 33.6 Å². The standard InChI is InChI=1S/C22H26N4O6/c1-15(13-16-5-3-2-4-6-16)24-22(31)32-14-26-11-9-17(10-12-26)20(28)25-18(21(29)30)7-8-19(23)27/h2-6,9-12,15,18H,7-8,13-14H2,1H3,(H4-,23,24,25,27,28,29,30,31)/p+1/t15-,18-/m0/s1. The van der Waals surface area contributed by atoms with E-state index in [1.165, 1.54) is 24.5 Å². The number of hydrogen-bond acceptors (Lipinski definition) is 5. The zero-order chi connectivity index (χ0) is 23.5. The van der Waals surface area contributed by atoms with Crippen molar-refractivity contribution in [3.8, 4) is 0 Å². The molecule has 170 valence electrons. The molecule has 32 heavy (non-hydrogen) atoms. The summed E-state index contributed by atoms with van der Waals surface area (Å²) in [6, 6.07) is 11.3. The zero-order valence-electron chi connectivity index (χ0n) is 17.7. The van der Waals surface area contributed by atoms with Crippen LogP contribution >= 0.6 is 0 Å². The number of rotatable bonds is 11. The number of benzene rings is 1. The molecule has 2 rings (SSSR count). The predicted octanol–water partition coefficient (Wildman–Crippen LogP) is 0.738. The monoisotopic (exact) mass is 443 g/mol. The molecule has 0 saturated carbocycles. The van der Waals surface area contributed by atoms with Crippen LogP contribution in [0.5, 0.6) is 0 Å². The fraction of sp³-hybridized carbons (Fsp3) is 0.318. The fourth-order valence-electron chi connectivity index (χ4n) is 2.88. The molecule has 0 radical (unpaired) electrons. The molecule has 0 aliphatic heterocycles. The largest absolute Gasteiger partial charge is 0.480 e. The fourth-order valence-corrected chi connectivity index (χ4v) is 2.88. The van der Waals surface area contributed by atoms with Crippen LogP contribution in [0.4, 0.5) is 4.79 Å². The molecule has 0 bridgehead atoms. The zero-order valence-corrected chi connectivity index (χ0v) is 17.7. The second kappa shape index (κ2) is 12.0. The van der Waals surface area contributed by atoms with Crippen LogP contribution in [0.1, 0.15) is 35.7 Å². The minimum Gasteiger partial charge on any atom is -0.480 e. The van der Waals surface area contributed by atoms with Crippen molar-refractivity contribution in [2.45, 2.75) is 45.0 Å². The molecule has 2 atom stereocenters. The van der Waals surface area contributed by atoms with Crippen LogP contribution < -0.4 is 20.9 Å². The number of primary amides is 1. The number of pyridine rings is 1. The predicted molar refractivity (Wildman–Crippen MR) is 113 cm³/mol. The lowest BCUT2D eigenvalue weighted by Gasteiger charge is -2.14. The van der Waals surface area contributed by atoms with Gasteiger partial charge in [-0.3, -0.25) is 9.59 Å². The highest BCUT2D eigenvalue weighted by Crippen LogP contribution is 2.03. The van der Waals surface area contributed by atoms with Gasteiger partial charge in [0.2, 0.25) is 5.91 Å². The molecule has 0 aliphatic carbocycles. The van der Waals surface area contributed by atoms with Gasteiger partial charge in [-0.05, 0) is 25.3 Å². The molecule has 1 heterocycles. The lowest BCUT2D eigenvalue weighted by atomic mass is 10.1. The van der Waals surface area contributed by atoms with Gasteiger partial charge in [0.1, 0.15) is 6.04 Å². The number of aromatic nitrogens is 1. The Morgan fingerprint density at radius 2 is 1.72 bits per heavy atom. The highest BCUT2D eigenvalue weighted by atomic mass is 16.6. The van der Waals surface area contributed by atoms with E-state index in [9.17, 15) is 19.2 Å². The van der Waals surface area contributed by atoms with Crippen LogP contribution in [0.3, 0.4) is 0 Å². The van der Waals surface area contributed by atoms with E-state index in [1.54, 1.807) is 4.57 Å². The summed E-state index contributed by atoms with van der Waals surface area (Å²) in [6.07, 6.45) is 2.89. The van der Waals surface area contributed by atoms with Gasteiger partial charge in [0.05, 0.1) is 5.56 Å². The van der Waals surface area contributed by atoms with Crippen molar-refractivity contribution in [1.82, 2.24) is 10.6 Å². The highest BCUT2D eigenvalue weighted by Gasteiger charge is 2.21. The third kappa shape index (κ3) is 8.42. The van der Waals surface area contributed by atoms with E-state index in [1.807, 2.05) is 37.3 Å². The molecule has 1 aromatic carbocycles. The van der Waals surface area contributed by atoms with E-state index < -0.39 is 29.9 Å². The lowest BCUT2D eigenvalue weighted by Crippen LogP contribution is -2.42. The molecule has 5 N–H and O–H groups in total. The average molecular weight is 443 g/mol. The Bertz CT molecular complexity index is 933. The van der Waals surface area contributed by atoms with Gasteiger partial charge in [-0.1, -0.05) is 30.3 Å². The molecule has 0 spiro atoms. The number of carbonyl (C=O) groups is 4. The van der Waals surface area contributed by atoms with Gasteiger partial charge < -0.3 is 26.2 Å². The molecular formula is C22H27N4O6+. The molecule has 3 amide bonds. The first kappa shape index (κ1) is 24.3. The Balaban J connectivity index is 1.81. The number of ether oxygens (including phenoxy) is 1. The Morgan fingerprint density at radius 3 is 2.31 bits per heavy atom. The first-order valence-electron chi connectivity index (χ1n) is 10.0. The number of carbonyl (C=O) groups excluding carboxylic acids is 3. The topological polar surface area (TPSA) is 152 Å². The van der Waals surface area contributed by atoms with Crippen molar-refractivity contribution in [3.63, 3.8) is 0 Å². The summed E-state index contributed by atoms with van der Waals surface area (Å²) in [5.41, 5.74) is 6.34. The van der Waals surface area contributed by atoms with Gasteiger partial charge in [0.15, 0.2) is 12.4 Å². The van der Waals surface area contributed by atoms with Gasteiger partial charge >= 0.3 is 12.1 Å². The number of alkyl carbamates (subject to hydrolysis) is 1. The van der Waals surface area contributed by atoms with Crippen molar-refractivity contribution in [2.75, 3.05) is 0 Å². The van der Waals surface area contributed by atoms with Crippen molar-refractivity contribution in [2.24, 2.45) is 5.73 Å². The molecule has 0 unspecified atom stereocenters. The smallest absolute Gasteiger partial charge is 0.412 e. The molecule has 2 aromatic rings. The van der Waals surface area contributed by atoms with E-state index in [0.717, 1.165) is 5.56 Å². The molecule has 10 heteroatoms. The van der Waals surface area contributed by atoms with E-state index in [2.05, 4.69) is 10.6 Å². The Kier molecular flexibility index (Phi) is 9.15. The van der Waals surface area contributed by atoms with Crippen molar-refractivity contribution >= 4 is 23.9 Å². The van der Waals surface area contributed by atoms with Crippen LogP contribution in [0, 0.1) is 0 Å². The quantitative estimate of drug-likeness (QED) is 0.376. The molecule has 0 saturated heterocycles. The number of aliphatic carboxylic acids is 1. The summed E-state index contributed by atoms with van der Waals surface area (Å²) in [7, 11) is 0. The Morgan fingerprint density at radius 1 is 1.06 bits per heavy atom. The second-order valence-electron chi connectivity index (χ2n) is 7.27. The minimum absolute atomic E-state index is 0.0673. The van der Waals surface area contributed by atoms with E-state index in [4.69, 9.17) is 15.6 Å². The van der Waals surface area contributed by atoms with Crippen molar-refractivity contribution in [3.05, 3.63) is 66.0 Å². The second-order valence-corrected chi connectivity index (χ2v) is 7.27. The molecule has 10 nitrogen and oxygen atoms in total. The van der Waals surface area contributed by atoms with Gasteiger partial charge in [-0.2, -0.15) is 4.57 Å². The van der Waals surface area contributed by atoms with Crippen LogP contribution in [-0.2, 0) is 27.5 Å². The normalized spacial score (nSPS) is 12.3. The van der Waals surface area contributed by atoms with E-state index in [0.29, 0.717) is 6.42 Å². The van der Waals surface area contributed by atoms with Crippen LogP contribution in [0.15, 0.2) is 54.9 Å². The first-order chi connectivity index (χ1) is 15.2. The third-order valence-corrected chi connectivity index (χ3v) is 4.53. The minimum atomic E-state index is -1.26. The van der Waals surface area contributed by atoms with Gasteiger partial charge in [-0.15, -0.1) is 0 Å². The van der Waals surface area contributed by atoms with Gasteiger partial charge in [-0.25, -0.2) is 9.59 Å². The van der Waals surface area contributed by atoms with E-state index >= 15 is 0 Å². The van der Waals surface area contributed by atoms with Crippen LogP contribution in [0.25, 0.3) is 0 Å². The number of nitrogens with two attached hydrogens (primary N) is 1. The van der Waals surface area contributed by atoms with Gasteiger partial charge in [0.25, 0.3) is 12.6 Å². The summed E-state index contributed by atoms with van der Waals surface area (Å²) in [5.74, 6) is -2.52. The lowest BCUT2D eigenvalue weighted by molar-refractivity contribution is -0.727. The first-order valence-corrected chi connectivity index (χ1v) is 10.0. The number of nitrogens with zero attached hydrogens (tertiary/aromatic N) is 1. The summed E-state index contributed by atoms with van der Waals surface area (Å²) in [6.45, 7) is 1.81. The van der Waals surface area contributed by atoms with E-state index in [-0.39, 0.29) is 31.2 Å². The van der Waals surface area contributed by atoms with Gasteiger partial charge in [0, 0.05) is 24.6 Å². The number of nitrogens with one attached hydrogen (secondary N) is 2. The summed E-state index contributed by atoms with van der Waals surface area (Å²) in [4.78, 5) is 46.3. The SMILES string of the molecule is C[C@@H](Cc1ccccc1)NC(=O)OC[n+]1ccc(C(=O)N[C@@H](CCC(N)=O)C(=O)O)cc1. The Hall–Kier alpha value is -3.95. The van der Waals surface area contributed by atoms with Crippen LogP contribution in [-0.4, -0.2) is 41.1 Å². The average Bonchev–Trinajstić information content (AvgIpc) is 2.75. The number of amides is 3. The number of carboxylic acids is 1. The summed E-state index contributed by atoms with van der Waals surface area (Å²) in [5, 5.41) is 14.3. The molecule has 1 aromatic heterocycles.